The van der Waals surface area contributed by atoms with Gasteiger partial charge in [0.1, 0.15) is 11.5 Å². The van der Waals surface area contributed by atoms with Gasteiger partial charge in [-0.1, -0.05) is 41.9 Å². The number of halogens is 2. The highest BCUT2D eigenvalue weighted by Gasteiger charge is 2.32. The molecule has 0 saturated carbocycles. The van der Waals surface area contributed by atoms with E-state index in [1.165, 1.54) is 23.1 Å². The number of thiocarbonyl (C=S) groups is 1. The first kappa shape index (κ1) is 14.7. The van der Waals surface area contributed by atoms with Crippen molar-refractivity contribution < 1.29 is 9.18 Å². The summed E-state index contributed by atoms with van der Waals surface area (Å²) in [7, 11) is 0. The van der Waals surface area contributed by atoms with Crippen LogP contribution in [0.1, 0.15) is 5.56 Å². The molecule has 22 heavy (non-hydrogen) atoms. The fraction of sp³-hybridized carbons (Fsp3) is 0. The molecule has 2 aromatic rings. The summed E-state index contributed by atoms with van der Waals surface area (Å²) in [5, 5.41) is 3.04. The molecule has 0 unspecified atom stereocenters. The van der Waals surface area contributed by atoms with E-state index >= 15 is 0 Å². The molecular formula is C16H10ClFN2OS. The SMILES string of the molecule is O=C1C(=Cc2ccccc2)NC(=S)N1c1ccc(F)c(Cl)c1. The molecule has 1 N–H and O–H groups in total. The molecule has 0 spiro atoms. The van der Waals surface area contributed by atoms with Gasteiger partial charge in [0.15, 0.2) is 5.11 Å². The molecule has 0 atom stereocenters. The zero-order chi connectivity index (χ0) is 15.7. The van der Waals surface area contributed by atoms with Crippen LogP contribution in [0.5, 0.6) is 0 Å². The van der Waals surface area contributed by atoms with Crippen molar-refractivity contribution in [1.29, 1.82) is 0 Å². The van der Waals surface area contributed by atoms with E-state index in [4.69, 9.17) is 23.8 Å². The first-order chi connectivity index (χ1) is 10.6. The molecule has 1 aliphatic heterocycles. The van der Waals surface area contributed by atoms with Gasteiger partial charge in [0, 0.05) is 0 Å². The molecule has 2 aromatic carbocycles. The van der Waals surface area contributed by atoms with Crippen LogP contribution >= 0.6 is 23.8 Å². The second kappa shape index (κ2) is 5.87. The van der Waals surface area contributed by atoms with Crippen LogP contribution < -0.4 is 10.2 Å². The average molecular weight is 333 g/mol. The van der Waals surface area contributed by atoms with Crippen LogP contribution in [0.4, 0.5) is 10.1 Å². The van der Waals surface area contributed by atoms with Crippen molar-refractivity contribution in [2.45, 2.75) is 0 Å². The number of carbonyl (C=O) groups is 1. The van der Waals surface area contributed by atoms with Crippen LogP contribution in [0.25, 0.3) is 6.08 Å². The minimum atomic E-state index is -0.545. The van der Waals surface area contributed by atoms with Crippen LogP contribution in [-0.2, 0) is 4.79 Å². The van der Waals surface area contributed by atoms with Crippen molar-refractivity contribution in [3.05, 3.63) is 70.6 Å². The van der Waals surface area contributed by atoms with E-state index in [1.807, 2.05) is 30.3 Å². The highest BCUT2D eigenvalue weighted by Crippen LogP contribution is 2.26. The molecule has 110 valence electrons. The Morgan fingerprint density at radius 1 is 1.18 bits per heavy atom. The van der Waals surface area contributed by atoms with E-state index in [0.717, 1.165) is 5.56 Å². The summed E-state index contributed by atoms with van der Waals surface area (Å²) in [6, 6.07) is 13.4. The number of carbonyl (C=O) groups excluding carboxylic acids is 1. The van der Waals surface area contributed by atoms with Gasteiger partial charge in [-0.05, 0) is 42.1 Å². The Morgan fingerprint density at radius 3 is 2.59 bits per heavy atom. The minimum absolute atomic E-state index is 0.0615. The highest BCUT2D eigenvalue weighted by molar-refractivity contribution is 7.80. The number of anilines is 1. The topological polar surface area (TPSA) is 32.3 Å². The molecule has 0 aliphatic carbocycles. The summed E-state index contributed by atoms with van der Waals surface area (Å²) < 4.78 is 13.2. The third kappa shape index (κ3) is 2.73. The van der Waals surface area contributed by atoms with Gasteiger partial charge in [0.25, 0.3) is 5.91 Å². The number of nitrogens with zero attached hydrogens (tertiary/aromatic N) is 1. The fourth-order valence-corrected chi connectivity index (χ4v) is 2.58. The lowest BCUT2D eigenvalue weighted by atomic mass is 10.2. The van der Waals surface area contributed by atoms with Crippen molar-refractivity contribution in [3.63, 3.8) is 0 Å². The summed E-state index contributed by atoms with van der Waals surface area (Å²) in [6.45, 7) is 0. The van der Waals surface area contributed by atoms with Gasteiger partial charge in [-0.25, -0.2) is 4.39 Å². The van der Waals surface area contributed by atoms with Crippen molar-refractivity contribution in [2.75, 3.05) is 4.90 Å². The first-order valence-corrected chi connectivity index (χ1v) is 7.22. The standard InChI is InChI=1S/C16H10ClFN2OS/c17-12-9-11(6-7-13(12)18)20-15(21)14(19-16(20)22)8-10-4-2-1-3-5-10/h1-9H,(H,19,22). The number of hydrogen-bond acceptors (Lipinski definition) is 2. The van der Waals surface area contributed by atoms with Gasteiger partial charge in [-0.15, -0.1) is 0 Å². The van der Waals surface area contributed by atoms with E-state index in [2.05, 4.69) is 5.32 Å². The van der Waals surface area contributed by atoms with Crippen molar-refractivity contribution in [1.82, 2.24) is 5.32 Å². The molecule has 0 aromatic heterocycles. The first-order valence-electron chi connectivity index (χ1n) is 6.43. The van der Waals surface area contributed by atoms with E-state index in [9.17, 15) is 9.18 Å². The Morgan fingerprint density at radius 2 is 1.91 bits per heavy atom. The zero-order valence-corrected chi connectivity index (χ0v) is 12.8. The third-order valence-corrected chi connectivity index (χ3v) is 3.72. The summed E-state index contributed by atoms with van der Waals surface area (Å²) in [5.41, 5.74) is 1.65. The second-order valence-corrected chi connectivity index (χ2v) is 5.43. The molecule has 1 saturated heterocycles. The summed E-state index contributed by atoms with van der Waals surface area (Å²) in [6.07, 6.45) is 1.71. The number of benzene rings is 2. The van der Waals surface area contributed by atoms with Crippen molar-refractivity contribution >= 4 is 46.6 Å². The summed E-state index contributed by atoms with van der Waals surface area (Å²) in [5.74, 6) is -0.854. The lowest BCUT2D eigenvalue weighted by Crippen LogP contribution is -2.30. The maximum absolute atomic E-state index is 13.2. The average Bonchev–Trinajstić information content (AvgIpc) is 2.78. The molecule has 0 bridgehead atoms. The maximum atomic E-state index is 13.2. The van der Waals surface area contributed by atoms with E-state index in [-0.39, 0.29) is 16.0 Å². The van der Waals surface area contributed by atoms with Crippen LogP contribution in [0.15, 0.2) is 54.2 Å². The van der Waals surface area contributed by atoms with Gasteiger partial charge in [-0.3, -0.25) is 9.69 Å². The maximum Gasteiger partial charge on any atom is 0.281 e. The van der Waals surface area contributed by atoms with Gasteiger partial charge in [-0.2, -0.15) is 0 Å². The smallest absolute Gasteiger partial charge is 0.281 e. The molecule has 1 aliphatic rings. The van der Waals surface area contributed by atoms with E-state index in [1.54, 1.807) is 6.08 Å². The minimum Gasteiger partial charge on any atom is -0.327 e. The molecule has 3 rings (SSSR count). The Bertz CT molecular complexity index is 792. The van der Waals surface area contributed by atoms with E-state index < -0.39 is 5.82 Å². The molecule has 1 amide bonds. The Hall–Kier alpha value is -2.24. The Kier molecular flexibility index (Phi) is 3.92. The van der Waals surface area contributed by atoms with Gasteiger partial charge < -0.3 is 5.32 Å². The van der Waals surface area contributed by atoms with Crippen molar-refractivity contribution in [2.24, 2.45) is 0 Å². The Labute approximate surface area is 137 Å². The number of nitrogens with one attached hydrogen (secondary N) is 1. The van der Waals surface area contributed by atoms with Gasteiger partial charge >= 0.3 is 0 Å². The lowest BCUT2D eigenvalue weighted by molar-refractivity contribution is -0.113. The Balaban J connectivity index is 1.95. The molecule has 0 radical (unpaired) electrons. The molecular weight excluding hydrogens is 323 g/mol. The normalized spacial score (nSPS) is 16.3. The quantitative estimate of drug-likeness (QED) is 0.671. The third-order valence-electron chi connectivity index (χ3n) is 3.15. The summed E-state index contributed by atoms with van der Waals surface area (Å²) >= 11 is 10.9. The largest absolute Gasteiger partial charge is 0.327 e. The number of hydrogen-bond donors (Lipinski definition) is 1. The van der Waals surface area contributed by atoms with Crippen molar-refractivity contribution in [3.8, 4) is 0 Å². The van der Waals surface area contributed by atoms with Crippen LogP contribution in [0, 0.1) is 5.82 Å². The molecule has 6 heteroatoms. The number of amides is 1. The lowest BCUT2D eigenvalue weighted by Gasteiger charge is -2.14. The predicted molar refractivity (Wildman–Crippen MR) is 89.0 cm³/mol. The van der Waals surface area contributed by atoms with Gasteiger partial charge in [0.05, 0.1) is 10.7 Å². The molecule has 3 nitrogen and oxygen atoms in total. The predicted octanol–water partition coefficient (Wildman–Crippen LogP) is 3.74. The van der Waals surface area contributed by atoms with Crippen LogP contribution in [0.2, 0.25) is 5.02 Å². The second-order valence-electron chi connectivity index (χ2n) is 4.64. The fourth-order valence-electron chi connectivity index (χ4n) is 2.11. The highest BCUT2D eigenvalue weighted by atomic mass is 35.5. The number of rotatable bonds is 2. The van der Waals surface area contributed by atoms with Crippen LogP contribution in [-0.4, -0.2) is 11.0 Å². The molecule has 1 heterocycles. The monoisotopic (exact) mass is 332 g/mol. The summed E-state index contributed by atoms with van der Waals surface area (Å²) in [4.78, 5) is 13.8. The van der Waals surface area contributed by atoms with Crippen LogP contribution in [0.3, 0.4) is 0 Å². The zero-order valence-electron chi connectivity index (χ0n) is 11.2. The van der Waals surface area contributed by atoms with E-state index in [0.29, 0.717) is 11.4 Å². The van der Waals surface area contributed by atoms with Gasteiger partial charge in [0.2, 0.25) is 0 Å². The molecule has 1 fully saturated rings.